The number of carbonyl (C=O) groups is 2. The number of halogens is 5. The van der Waals surface area contributed by atoms with Crippen LogP contribution < -0.4 is 10.9 Å². The van der Waals surface area contributed by atoms with Crippen molar-refractivity contribution >= 4 is 11.9 Å². The molecule has 7 nitrogen and oxygen atoms in total. The molecule has 1 aliphatic heterocycles. The molecule has 0 radical (unpaired) electrons. The first-order chi connectivity index (χ1) is 22.9. The number of benzene rings is 2. The van der Waals surface area contributed by atoms with E-state index in [9.17, 15) is 32.7 Å². The lowest BCUT2D eigenvalue weighted by atomic mass is 9.88. The summed E-state index contributed by atoms with van der Waals surface area (Å²) in [7, 11) is 0. The Balaban J connectivity index is 1.79. The smallest absolute Gasteiger partial charge is 0.416 e. The second-order valence-corrected chi connectivity index (χ2v) is 13.6. The number of carboxylic acids is 1. The first kappa shape index (κ1) is 37.8. The number of aliphatic carboxylic acids is 1. The van der Waals surface area contributed by atoms with Gasteiger partial charge in [-0.3, -0.25) is 14.4 Å². The van der Waals surface area contributed by atoms with Crippen LogP contribution in [0, 0.1) is 45.2 Å². The molecule has 1 saturated heterocycles. The number of carbonyl (C=O) groups excluding carboxylic acids is 1. The Morgan fingerprint density at radius 2 is 1.59 bits per heavy atom. The summed E-state index contributed by atoms with van der Waals surface area (Å²) in [6.45, 7) is 12.7. The van der Waals surface area contributed by atoms with E-state index in [0.717, 1.165) is 35.8 Å². The van der Waals surface area contributed by atoms with Crippen molar-refractivity contribution in [1.29, 1.82) is 0 Å². The number of nitrogens with zero attached hydrogens (tertiary/aromatic N) is 2. The highest BCUT2D eigenvalue weighted by Gasteiger charge is 2.36. The second kappa shape index (κ2) is 15.2. The number of aryl methyl sites for hydroxylation is 5. The highest BCUT2D eigenvalue weighted by Crippen LogP contribution is 2.38. The van der Waals surface area contributed by atoms with Crippen LogP contribution in [-0.4, -0.2) is 46.1 Å². The van der Waals surface area contributed by atoms with Crippen LogP contribution in [0.25, 0.3) is 11.1 Å². The molecular weight excluding hydrogens is 645 g/mol. The van der Waals surface area contributed by atoms with E-state index in [4.69, 9.17) is 0 Å². The lowest BCUT2D eigenvalue weighted by Gasteiger charge is -2.30. The number of alkyl halides is 3. The zero-order valence-corrected chi connectivity index (χ0v) is 28.7. The van der Waals surface area contributed by atoms with Gasteiger partial charge in [0, 0.05) is 23.4 Å². The van der Waals surface area contributed by atoms with E-state index >= 15 is 8.78 Å². The molecule has 1 aromatic heterocycles. The minimum atomic E-state index is -4.81. The summed E-state index contributed by atoms with van der Waals surface area (Å²) in [5.74, 6) is -4.72. The minimum Gasteiger partial charge on any atom is -0.481 e. The summed E-state index contributed by atoms with van der Waals surface area (Å²) < 4.78 is 75.4. The second-order valence-electron chi connectivity index (χ2n) is 13.6. The fourth-order valence-corrected chi connectivity index (χ4v) is 6.75. The van der Waals surface area contributed by atoms with Crippen molar-refractivity contribution < 1.29 is 36.6 Å². The molecule has 0 bridgehead atoms. The van der Waals surface area contributed by atoms with E-state index in [1.165, 1.54) is 13.0 Å². The van der Waals surface area contributed by atoms with Gasteiger partial charge in [0.15, 0.2) is 0 Å². The summed E-state index contributed by atoms with van der Waals surface area (Å²) in [5.41, 5.74) is -0.0342. The molecule has 0 spiro atoms. The SMILES string of the molecule is Cc1cc(C)c(-c2cc(C)c(F)c([C@H](CC(=O)O)NC(=O)C(CC(C)C)n3cc(CCCN4CCC4)c(C(F)(F)F)cc3=O)c2F)c(C)c1. The summed E-state index contributed by atoms with van der Waals surface area (Å²) >= 11 is 0. The molecule has 266 valence electrons. The van der Waals surface area contributed by atoms with Crippen molar-refractivity contribution in [2.24, 2.45) is 5.92 Å². The first-order valence-electron chi connectivity index (χ1n) is 16.5. The van der Waals surface area contributed by atoms with Gasteiger partial charge in [0.1, 0.15) is 17.7 Å². The number of likely N-dealkylation sites (tertiary alicyclic amines) is 1. The number of carboxylic acid groups (broad SMARTS) is 1. The number of hydrogen-bond acceptors (Lipinski definition) is 4. The number of aromatic nitrogens is 1. The molecule has 0 aliphatic carbocycles. The summed E-state index contributed by atoms with van der Waals surface area (Å²) in [4.78, 5) is 41.4. The zero-order chi connectivity index (χ0) is 36.4. The summed E-state index contributed by atoms with van der Waals surface area (Å²) in [5, 5.41) is 12.3. The normalized spacial score (nSPS) is 14.9. The molecule has 3 aromatic rings. The molecule has 1 fully saturated rings. The maximum absolute atomic E-state index is 16.5. The van der Waals surface area contributed by atoms with Gasteiger partial charge in [-0.1, -0.05) is 31.5 Å². The van der Waals surface area contributed by atoms with Gasteiger partial charge in [0.05, 0.1) is 18.0 Å². The average molecular weight is 690 g/mol. The molecule has 49 heavy (non-hydrogen) atoms. The maximum Gasteiger partial charge on any atom is 0.416 e. The van der Waals surface area contributed by atoms with Crippen molar-refractivity contribution in [2.75, 3.05) is 19.6 Å². The Morgan fingerprint density at radius 3 is 2.12 bits per heavy atom. The molecule has 2 aromatic carbocycles. The van der Waals surface area contributed by atoms with Crippen LogP contribution in [0.15, 0.2) is 35.3 Å². The van der Waals surface area contributed by atoms with Crippen molar-refractivity contribution in [3.05, 3.63) is 91.4 Å². The first-order valence-corrected chi connectivity index (χ1v) is 16.5. The average Bonchev–Trinajstić information content (AvgIpc) is 2.94. The monoisotopic (exact) mass is 689 g/mol. The Kier molecular flexibility index (Phi) is 11.7. The van der Waals surface area contributed by atoms with Crippen LogP contribution in [0.2, 0.25) is 0 Å². The van der Waals surface area contributed by atoms with E-state index in [2.05, 4.69) is 10.2 Å². The molecule has 0 saturated carbocycles. The Labute approximate surface area is 283 Å². The van der Waals surface area contributed by atoms with Crippen molar-refractivity contribution in [3.8, 4) is 11.1 Å². The third-order valence-electron chi connectivity index (χ3n) is 9.08. The number of nitrogens with one attached hydrogen (secondary N) is 1. The molecule has 1 aliphatic rings. The number of amides is 1. The van der Waals surface area contributed by atoms with Crippen LogP contribution in [0.3, 0.4) is 0 Å². The van der Waals surface area contributed by atoms with Gasteiger partial charge in [-0.05, 0) is 113 Å². The summed E-state index contributed by atoms with van der Waals surface area (Å²) in [6, 6.07) is 2.41. The van der Waals surface area contributed by atoms with Gasteiger partial charge in [-0.15, -0.1) is 0 Å². The standard InChI is InChI=1S/C37H44F5N3O4/c1-20(2)13-29(45-19-25(9-7-10-44-11-8-12-44)27(17-30(45)46)37(40,41)42)36(49)43-28(18-31(47)48)33-34(38)24(6)16-26(35(33)39)32-22(4)14-21(3)15-23(32)5/h14-17,19-20,28-29H,7-13,18H2,1-6H3,(H,43,49)(H,47,48)/t28-,29?/m0/s1. The highest BCUT2D eigenvalue weighted by atomic mass is 19.4. The minimum absolute atomic E-state index is 0.00359. The Bertz CT molecular complexity index is 1760. The van der Waals surface area contributed by atoms with Gasteiger partial charge in [-0.2, -0.15) is 13.2 Å². The van der Waals surface area contributed by atoms with Gasteiger partial charge >= 0.3 is 12.1 Å². The molecule has 2 atom stereocenters. The van der Waals surface area contributed by atoms with E-state index in [-0.39, 0.29) is 35.4 Å². The highest BCUT2D eigenvalue weighted by molar-refractivity contribution is 5.82. The van der Waals surface area contributed by atoms with Gasteiger partial charge in [0.2, 0.25) is 5.91 Å². The van der Waals surface area contributed by atoms with E-state index in [0.29, 0.717) is 35.7 Å². The Morgan fingerprint density at radius 1 is 0.959 bits per heavy atom. The fraction of sp³-hybridized carbons (Fsp3) is 0.486. The molecule has 1 amide bonds. The van der Waals surface area contributed by atoms with E-state index < -0.39 is 64.9 Å². The van der Waals surface area contributed by atoms with Gasteiger partial charge in [-0.25, -0.2) is 8.78 Å². The lowest BCUT2D eigenvalue weighted by Crippen LogP contribution is -2.41. The predicted octanol–water partition coefficient (Wildman–Crippen LogP) is 7.60. The van der Waals surface area contributed by atoms with Crippen LogP contribution >= 0.6 is 0 Å². The predicted molar refractivity (Wildman–Crippen MR) is 177 cm³/mol. The molecule has 2 N–H and O–H groups in total. The molecule has 2 heterocycles. The molecular formula is C37H44F5N3O4. The van der Waals surface area contributed by atoms with Gasteiger partial charge in [0.25, 0.3) is 5.56 Å². The Hall–Kier alpha value is -4.06. The van der Waals surface area contributed by atoms with Crippen LogP contribution in [0.1, 0.15) is 90.6 Å². The number of rotatable bonds is 13. The largest absolute Gasteiger partial charge is 0.481 e. The molecule has 4 rings (SSSR count). The van der Waals surface area contributed by atoms with Crippen molar-refractivity contribution in [3.63, 3.8) is 0 Å². The maximum atomic E-state index is 16.5. The van der Waals surface area contributed by atoms with Crippen molar-refractivity contribution in [2.45, 2.75) is 91.9 Å². The van der Waals surface area contributed by atoms with Crippen LogP contribution in [0.4, 0.5) is 22.0 Å². The third-order valence-corrected chi connectivity index (χ3v) is 9.08. The van der Waals surface area contributed by atoms with Gasteiger partial charge < -0.3 is 19.9 Å². The molecule has 12 heteroatoms. The van der Waals surface area contributed by atoms with Crippen molar-refractivity contribution in [1.82, 2.24) is 14.8 Å². The van der Waals surface area contributed by atoms with Crippen LogP contribution in [0.5, 0.6) is 0 Å². The summed E-state index contributed by atoms with van der Waals surface area (Å²) in [6.07, 6.45) is -3.24. The zero-order valence-electron chi connectivity index (χ0n) is 28.7. The van der Waals surface area contributed by atoms with E-state index in [1.807, 2.05) is 19.1 Å². The topological polar surface area (TPSA) is 91.6 Å². The fourth-order valence-electron chi connectivity index (χ4n) is 6.75. The molecule has 1 unspecified atom stereocenters. The quantitative estimate of drug-likeness (QED) is 0.181. The third kappa shape index (κ3) is 8.76. The number of pyridine rings is 1. The van der Waals surface area contributed by atoms with Crippen LogP contribution in [-0.2, 0) is 22.2 Å². The van der Waals surface area contributed by atoms with E-state index in [1.54, 1.807) is 27.7 Å². The lowest BCUT2D eigenvalue weighted by molar-refractivity contribution is -0.139. The number of hydrogen-bond donors (Lipinski definition) is 2.